The van der Waals surface area contributed by atoms with Crippen molar-refractivity contribution in [2.75, 3.05) is 32.1 Å². The summed E-state index contributed by atoms with van der Waals surface area (Å²) in [5.41, 5.74) is 1.08. The molecular formula is C11H16ClN3O. The van der Waals surface area contributed by atoms with Crippen LogP contribution in [0.4, 0.5) is 5.69 Å². The summed E-state index contributed by atoms with van der Waals surface area (Å²) in [4.78, 5) is 4.30. The molecule has 2 N–H and O–H groups in total. The minimum atomic E-state index is 0. The molecule has 0 unspecified atom stereocenters. The molecule has 2 rings (SSSR count). The Bertz CT molecular complexity index is 351. The normalized spacial score (nSPS) is 13.4. The molecule has 0 atom stereocenters. The van der Waals surface area contributed by atoms with Gasteiger partial charge in [-0.2, -0.15) is 0 Å². The Kier molecular flexibility index (Phi) is 4.92. The number of aliphatic imine (C=N–C) groups is 1. The lowest BCUT2D eigenvalue weighted by Crippen LogP contribution is -2.26. The number of anilines is 1. The second kappa shape index (κ2) is 6.23. The maximum absolute atomic E-state index is 5.08. The number of hydrogen-bond acceptors (Lipinski definition) is 4. The van der Waals surface area contributed by atoms with Gasteiger partial charge in [-0.25, -0.2) is 0 Å². The van der Waals surface area contributed by atoms with Crippen LogP contribution in [0.15, 0.2) is 29.3 Å². The molecule has 1 heterocycles. The molecule has 1 aliphatic rings. The van der Waals surface area contributed by atoms with E-state index >= 15 is 0 Å². The molecule has 0 bridgehead atoms. The molecule has 0 saturated heterocycles. The van der Waals surface area contributed by atoms with Crippen molar-refractivity contribution in [2.45, 2.75) is 0 Å². The number of methoxy groups -OCH3 is 1. The van der Waals surface area contributed by atoms with Crippen LogP contribution in [0.25, 0.3) is 0 Å². The number of rotatable bonds is 4. The maximum Gasteiger partial charge on any atom is 0.119 e. The average Bonchev–Trinajstić information content (AvgIpc) is 2.80. The number of nitrogens with zero attached hydrogens (tertiary/aromatic N) is 1. The minimum absolute atomic E-state index is 0. The highest BCUT2D eigenvalue weighted by atomic mass is 35.5. The van der Waals surface area contributed by atoms with Crippen LogP contribution in [0.1, 0.15) is 0 Å². The van der Waals surface area contributed by atoms with E-state index in [0.29, 0.717) is 0 Å². The molecule has 0 spiro atoms. The summed E-state index contributed by atoms with van der Waals surface area (Å²) in [6, 6.07) is 7.86. The van der Waals surface area contributed by atoms with Gasteiger partial charge in [0.15, 0.2) is 0 Å². The Balaban J connectivity index is 0.00000128. The van der Waals surface area contributed by atoms with Crippen molar-refractivity contribution in [1.82, 2.24) is 5.32 Å². The van der Waals surface area contributed by atoms with E-state index in [0.717, 1.165) is 36.9 Å². The lowest BCUT2D eigenvalue weighted by atomic mass is 10.3. The summed E-state index contributed by atoms with van der Waals surface area (Å²) in [6.45, 7) is 2.60. The van der Waals surface area contributed by atoms with E-state index in [9.17, 15) is 0 Å². The van der Waals surface area contributed by atoms with Gasteiger partial charge in [0.05, 0.1) is 20.2 Å². The zero-order chi connectivity index (χ0) is 10.5. The SMILES string of the molecule is COc1ccc(NCC2=NCCN2)cc1.Cl. The van der Waals surface area contributed by atoms with Gasteiger partial charge in [-0.3, -0.25) is 4.99 Å². The summed E-state index contributed by atoms with van der Waals surface area (Å²) in [5, 5.41) is 6.50. The van der Waals surface area contributed by atoms with E-state index in [-0.39, 0.29) is 12.4 Å². The van der Waals surface area contributed by atoms with Crippen molar-refractivity contribution in [3.63, 3.8) is 0 Å². The van der Waals surface area contributed by atoms with Crippen molar-refractivity contribution < 1.29 is 4.74 Å². The third-order valence-electron chi connectivity index (χ3n) is 2.29. The second-order valence-electron chi connectivity index (χ2n) is 3.34. The molecule has 0 aromatic heterocycles. The first-order chi connectivity index (χ1) is 7.38. The lowest BCUT2D eigenvalue weighted by molar-refractivity contribution is 0.415. The second-order valence-corrected chi connectivity index (χ2v) is 3.34. The molecule has 0 amide bonds. The predicted octanol–water partition coefficient (Wildman–Crippen LogP) is 1.53. The number of nitrogens with one attached hydrogen (secondary N) is 2. The zero-order valence-corrected chi connectivity index (χ0v) is 10.0. The van der Waals surface area contributed by atoms with Gasteiger partial charge < -0.3 is 15.4 Å². The quantitative estimate of drug-likeness (QED) is 0.841. The number of ether oxygens (including phenoxy) is 1. The summed E-state index contributed by atoms with van der Waals surface area (Å²) in [5.74, 6) is 1.91. The molecule has 1 aromatic carbocycles. The average molecular weight is 242 g/mol. The number of halogens is 1. The van der Waals surface area contributed by atoms with Crippen LogP contribution in [0, 0.1) is 0 Å². The van der Waals surface area contributed by atoms with Crippen LogP contribution < -0.4 is 15.4 Å². The molecule has 4 nitrogen and oxygen atoms in total. The lowest BCUT2D eigenvalue weighted by Gasteiger charge is -2.07. The molecule has 1 aromatic rings. The molecule has 0 saturated carbocycles. The molecule has 5 heteroatoms. The summed E-state index contributed by atoms with van der Waals surface area (Å²) in [7, 11) is 1.67. The fourth-order valence-corrected chi connectivity index (χ4v) is 1.46. The monoisotopic (exact) mass is 241 g/mol. The van der Waals surface area contributed by atoms with Crippen molar-refractivity contribution >= 4 is 23.9 Å². The summed E-state index contributed by atoms with van der Waals surface area (Å²) < 4.78 is 5.08. The predicted molar refractivity (Wildman–Crippen MR) is 69.0 cm³/mol. The first kappa shape index (κ1) is 12.6. The first-order valence-electron chi connectivity index (χ1n) is 5.03. The Morgan fingerprint density at radius 1 is 1.38 bits per heavy atom. The Morgan fingerprint density at radius 2 is 2.12 bits per heavy atom. The maximum atomic E-state index is 5.08. The van der Waals surface area contributed by atoms with Crippen molar-refractivity contribution in [1.29, 1.82) is 0 Å². The van der Waals surface area contributed by atoms with E-state index in [1.807, 2.05) is 24.3 Å². The first-order valence-corrected chi connectivity index (χ1v) is 5.03. The fraction of sp³-hybridized carbons (Fsp3) is 0.364. The van der Waals surface area contributed by atoms with Gasteiger partial charge in [-0.1, -0.05) is 0 Å². The smallest absolute Gasteiger partial charge is 0.119 e. The Labute approximate surface area is 102 Å². The molecule has 16 heavy (non-hydrogen) atoms. The molecular weight excluding hydrogens is 226 g/mol. The number of hydrogen-bond donors (Lipinski definition) is 2. The van der Waals surface area contributed by atoms with Crippen LogP contribution in [0.5, 0.6) is 5.75 Å². The van der Waals surface area contributed by atoms with E-state index in [2.05, 4.69) is 15.6 Å². The van der Waals surface area contributed by atoms with Gasteiger partial charge >= 0.3 is 0 Å². The van der Waals surface area contributed by atoms with Crippen molar-refractivity contribution in [3.8, 4) is 5.75 Å². The van der Waals surface area contributed by atoms with Crippen molar-refractivity contribution in [3.05, 3.63) is 24.3 Å². The van der Waals surface area contributed by atoms with Gasteiger partial charge in [0, 0.05) is 12.2 Å². The van der Waals surface area contributed by atoms with Crippen LogP contribution in [0.3, 0.4) is 0 Å². The molecule has 0 aliphatic carbocycles. The van der Waals surface area contributed by atoms with Gasteiger partial charge in [-0.15, -0.1) is 12.4 Å². The van der Waals surface area contributed by atoms with E-state index in [4.69, 9.17) is 4.74 Å². The van der Waals surface area contributed by atoms with Gasteiger partial charge in [0.25, 0.3) is 0 Å². The number of benzene rings is 1. The molecule has 88 valence electrons. The van der Waals surface area contributed by atoms with Crippen molar-refractivity contribution in [2.24, 2.45) is 4.99 Å². The van der Waals surface area contributed by atoms with E-state index in [1.165, 1.54) is 0 Å². The Hall–Kier alpha value is -1.42. The fourth-order valence-electron chi connectivity index (χ4n) is 1.46. The highest BCUT2D eigenvalue weighted by Gasteiger charge is 2.03. The molecule has 1 aliphatic heterocycles. The van der Waals surface area contributed by atoms with E-state index in [1.54, 1.807) is 7.11 Å². The van der Waals surface area contributed by atoms with Gasteiger partial charge in [-0.05, 0) is 24.3 Å². The topological polar surface area (TPSA) is 45.6 Å². The molecule has 0 fully saturated rings. The summed E-state index contributed by atoms with van der Waals surface area (Å²) >= 11 is 0. The van der Waals surface area contributed by atoms with Crippen LogP contribution >= 0.6 is 12.4 Å². The third-order valence-corrected chi connectivity index (χ3v) is 2.29. The third kappa shape index (κ3) is 3.31. The zero-order valence-electron chi connectivity index (χ0n) is 9.19. The minimum Gasteiger partial charge on any atom is -0.497 e. The Morgan fingerprint density at radius 3 is 2.69 bits per heavy atom. The standard InChI is InChI=1S/C11H15N3O.ClH/c1-15-10-4-2-9(3-5-10)14-8-11-12-6-7-13-11;/h2-5,14H,6-8H2,1H3,(H,12,13);1H. The summed E-state index contributed by atoms with van der Waals surface area (Å²) in [6.07, 6.45) is 0. The van der Waals surface area contributed by atoms with Crippen LogP contribution in [-0.4, -0.2) is 32.6 Å². The van der Waals surface area contributed by atoms with Crippen LogP contribution in [0.2, 0.25) is 0 Å². The van der Waals surface area contributed by atoms with Gasteiger partial charge in [0.2, 0.25) is 0 Å². The highest BCUT2D eigenvalue weighted by molar-refractivity contribution is 5.87. The van der Waals surface area contributed by atoms with Crippen LogP contribution in [-0.2, 0) is 0 Å². The highest BCUT2D eigenvalue weighted by Crippen LogP contribution is 2.14. The molecule has 0 radical (unpaired) electrons. The number of amidine groups is 1. The van der Waals surface area contributed by atoms with E-state index < -0.39 is 0 Å². The largest absolute Gasteiger partial charge is 0.497 e. The van der Waals surface area contributed by atoms with Gasteiger partial charge in [0.1, 0.15) is 11.6 Å².